The largest absolute Gasteiger partial charge is 0.457 e. The van der Waals surface area contributed by atoms with Crippen LogP contribution in [0.25, 0.3) is 0 Å². The molecule has 2 heterocycles. The maximum absolute atomic E-state index is 12.8. The van der Waals surface area contributed by atoms with Crippen LogP contribution in [0.4, 0.5) is 0 Å². The van der Waals surface area contributed by atoms with E-state index in [1.807, 2.05) is 21.7 Å². The van der Waals surface area contributed by atoms with Gasteiger partial charge in [0.05, 0.1) is 30.1 Å². The van der Waals surface area contributed by atoms with Gasteiger partial charge < -0.3 is 14.2 Å². The van der Waals surface area contributed by atoms with Crippen LogP contribution >= 0.6 is 11.3 Å². The number of ether oxygens (including phenoxy) is 3. The molecule has 0 bridgehead atoms. The Morgan fingerprint density at radius 3 is 1.95 bits per heavy atom. The Balaban J connectivity index is 1.51. The van der Waals surface area contributed by atoms with Gasteiger partial charge in [-0.25, -0.2) is 18.4 Å². The van der Waals surface area contributed by atoms with Crippen molar-refractivity contribution in [3.05, 3.63) is 35.5 Å². The van der Waals surface area contributed by atoms with Gasteiger partial charge in [0.25, 0.3) is 0 Å². The van der Waals surface area contributed by atoms with Gasteiger partial charge in [-0.2, -0.15) is 4.57 Å². The van der Waals surface area contributed by atoms with Crippen LogP contribution in [0, 0.1) is 0 Å². The Bertz CT molecular complexity index is 962. The second-order valence-corrected chi connectivity index (χ2v) is 14.1. The number of nitrogens with zero attached hydrogens (tertiary/aromatic N) is 3. The first kappa shape index (κ1) is 36.6. The zero-order chi connectivity index (χ0) is 30.0. The average Bonchev–Trinajstić information content (AvgIpc) is 3.50. The first-order chi connectivity index (χ1) is 20.6. The third kappa shape index (κ3) is 20.3. The van der Waals surface area contributed by atoms with E-state index in [9.17, 15) is 8.42 Å². The van der Waals surface area contributed by atoms with E-state index < -0.39 is 15.9 Å². The SMILES string of the molecule is CCCCCCCCCCCCCCCCCCOCC(CS(=O)(=O)CCOCC[n+]1ccsc1)Oc1ncccn1. The highest BCUT2D eigenvalue weighted by Gasteiger charge is 2.22. The summed E-state index contributed by atoms with van der Waals surface area (Å²) in [5, 5.41) is 1.99. The smallest absolute Gasteiger partial charge is 0.316 e. The summed E-state index contributed by atoms with van der Waals surface area (Å²) >= 11 is 1.61. The van der Waals surface area contributed by atoms with Crippen molar-refractivity contribution in [1.82, 2.24) is 9.97 Å². The lowest BCUT2D eigenvalue weighted by Crippen LogP contribution is -2.35. The molecule has 240 valence electrons. The van der Waals surface area contributed by atoms with Crippen molar-refractivity contribution in [2.45, 2.75) is 122 Å². The van der Waals surface area contributed by atoms with Crippen molar-refractivity contribution < 1.29 is 27.2 Å². The maximum Gasteiger partial charge on any atom is 0.316 e. The summed E-state index contributed by atoms with van der Waals surface area (Å²) in [6, 6.07) is 1.85. The van der Waals surface area contributed by atoms with Crippen molar-refractivity contribution >= 4 is 21.2 Å². The molecule has 0 radical (unpaired) electrons. The van der Waals surface area contributed by atoms with Crippen LogP contribution in [0.5, 0.6) is 6.01 Å². The van der Waals surface area contributed by atoms with Crippen LogP contribution in [-0.4, -0.2) is 62.4 Å². The highest BCUT2D eigenvalue weighted by Crippen LogP contribution is 2.14. The highest BCUT2D eigenvalue weighted by molar-refractivity contribution is 7.91. The lowest BCUT2D eigenvalue weighted by atomic mass is 10.0. The monoisotopic (exact) mass is 626 g/mol. The number of thiazole rings is 1. The van der Waals surface area contributed by atoms with Crippen molar-refractivity contribution in [2.24, 2.45) is 0 Å². The molecule has 0 aliphatic carbocycles. The Hall–Kier alpha value is -1.62. The molecule has 0 aliphatic rings. The molecular weight excluding hydrogens is 571 g/mol. The quantitative estimate of drug-likeness (QED) is 0.0710. The van der Waals surface area contributed by atoms with E-state index in [-0.39, 0.29) is 30.7 Å². The number of aromatic nitrogens is 3. The van der Waals surface area contributed by atoms with Crippen molar-refractivity contribution in [3.8, 4) is 6.01 Å². The molecule has 42 heavy (non-hydrogen) atoms. The summed E-state index contributed by atoms with van der Waals surface area (Å²) in [5.41, 5.74) is 1.99. The van der Waals surface area contributed by atoms with Crippen LogP contribution in [0.3, 0.4) is 0 Å². The number of sulfone groups is 1. The van der Waals surface area contributed by atoms with Crippen LogP contribution in [0.15, 0.2) is 35.5 Å². The molecule has 2 aromatic rings. The lowest BCUT2D eigenvalue weighted by Gasteiger charge is -2.18. The topological polar surface area (TPSA) is 91.5 Å². The molecule has 0 saturated heterocycles. The zero-order valence-electron chi connectivity index (χ0n) is 26.0. The van der Waals surface area contributed by atoms with Crippen LogP contribution < -0.4 is 9.30 Å². The number of hydrogen-bond donors (Lipinski definition) is 0. The second kappa shape index (κ2) is 24.8. The lowest BCUT2D eigenvalue weighted by molar-refractivity contribution is -0.693. The van der Waals surface area contributed by atoms with Crippen LogP contribution in [0.2, 0.25) is 0 Å². The van der Waals surface area contributed by atoms with Gasteiger partial charge >= 0.3 is 6.01 Å². The molecule has 0 aromatic carbocycles. The fraction of sp³-hybridized carbons (Fsp3) is 0.781. The number of unbranched alkanes of at least 4 members (excludes halogenated alkanes) is 15. The normalized spacial score (nSPS) is 12.5. The third-order valence-electron chi connectivity index (χ3n) is 7.26. The van der Waals surface area contributed by atoms with E-state index in [4.69, 9.17) is 14.2 Å². The Kier molecular flexibility index (Phi) is 21.6. The molecule has 2 aromatic heterocycles. The Morgan fingerprint density at radius 2 is 1.38 bits per heavy atom. The van der Waals surface area contributed by atoms with E-state index in [2.05, 4.69) is 16.9 Å². The molecule has 0 amide bonds. The third-order valence-corrected chi connectivity index (χ3v) is 9.60. The minimum Gasteiger partial charge on any atom is -0.457 e. The first-order valence-electron chi connectivity index (χ1n) is 16.3. The van der Waals surface area contributed by atoms with E-state index in [0.29, 0.717) is 19.8 Å². The predicted molar refractivity (Wildman–Crippen MR) is 171 cm³/mol. The first-order valence-corrected chi connectivity index (χ1v) is 19.1. The van der Waals surface area contributed by atoms with Gasteiger partial charge in [0.2, 0.25) is 5.51 Å². The van der Waals surface area contributed by atoms with E-state index in [1.54, 1.807) is 29.8 Å². The Labute approximate surface area is 259 Å². The standard InChI is InChI=1S/C32H56N3O5S2/c1-2-3-4-5-6-7-8-9-10-11-12-13-14-15-16-17-23-39-28-31(40-32-33-19-18-20-34-32)29-42(36,37)27-25-38-24-21-35-22-26-41-30-35/h18-20,22,26,30-31H,2-17,21,23-25,27-29H2,1H3/q+1. The van der Waals surface area contributed by atoms with Crippen LogP contribution in [0.1, 0.15) is 110 Å². The summed E-state index contributed by atoms with van der Waals surface area (Å²) in [7, 11) is -3.40. The van der Waals surface area contributed by atoms with Crippen LogP contribution in [-0.2, 0) is 25.9 Å². The minimum absolute atomic E-state index is 0.0596. The van der Waals surface area contributed by atoms with Gasteiger partial charge in [-0.3, -0.25) is 0 Å². The van der Waals surface area contributed by atoms with E-state index in [1.165, 1.54) is 89.9 Å². The molecule has 0 spiro atoms. The van der Waals surface area contributed by atoms with Gasteiger partial charge in [-0.1, -0.05) is 115 Å². The summed E-state index contributed by atoms with van der Waals surface area (Å²) in [6.07, 6.45) is 25.7. The maximum atomic E-state index is 12.8. The molecule has 10 heteroatoms. The molecule has 0 fully saturated rings. The fourth-order valence-corrected chi connectivity index (χ4v) is 6.69. The van der Waals surface area contributed by atoms with Crippen molar-refractivity contribution in [3.63, 3.8) is 0 Å². The fourth-order valence-electron chi connectivity index (χ4n) is 4.79. The molecule has 2 rings (SSSR count). The molecule has 1 unspecified atom stereocenters. The van der Waals surface area contributed by atoms with Gasteiger partial charge in [0, 0.05) is 19.0 Å². The summed E-state index contributed by atoms with van der Waals surface area (Å²) < 4.78 is 44.7. The molecule has 0 N–H and O–H groups in total. The molecular formula is C32H56N3O5S2+. The summed E-state index contributed by atoms with van der Waals surface area (Å²) in [5.74, 6) is -0.219. The van der Waals surface area contributed by atoms with Gasteiger partial charge in [0.1, 0.15) is 12.7 Å². The number of rotatable bonds is 29. The second-order valence-electron chi connectivity index (χ2n) is 11.1. The molecule has 0 aliphatic heterocycles. The minimum atomic E-state index is -3.40. The molecule has 1 atom stereocenters. The average molecular weight is 627 g/mol. The van der Waals surface area contributed by atoms with Crippen molar-refractivity contribution in [2.75, 3.05) is 37.9 Å². The molecule has 0 saturated carbocycles. The van der Waals surface area contributed by atoms with Gasteiger partial charge in [-0.05, 0) is 12.5 Å². The summed E-state index contributed by atoms with van der Waals surface area (Å²) in [6.45, 7) is 4.38. The molecule has 8 nitrogen and oxygen atoms in total. The predicted octanol–water partition coefficient (Wildman–Crippen LogP) is 6.98. The summed E-state index contributed by atoms with van der Waals surface area (Å²) in [4.78, 5) is 8.16. The zero-order valence-corrected chi connectivity index (χ0v) is 27.6. The highest BCUT2D eigenvalue weighted by atomic mass is 32.2. The van der Waals surface area contributed by atoms with Gasteiger partial charge in [0.15, 0.2) is 22.6 Å². The van der Waals surface area contributed by atoms with E-state index >= 15 is 0 Å². The Morgan fingerprint density at radius 1 is 0.786 bits per heavy atom. The number of hydrogen-bond acceptors (Lipinski definition) is 8. The van der Waals surface area contributed by atoms with Crippen molar-refractivity contribution in [1.29, 1.82) is 0 Å². The van der Waals surface area contributed by atoms with Gasteiger partial charge in [-0.15, -0.1) is 0 Å². The van der Waals surface area contributed by atoms with E-state index in [0.717, 1.165) is 12.8 Å².